The van der Waals surface area contributed by atoms with Crippen molar-refractivity contribution in [1.29, 1.82) is 0 Å². The molecular formula is C16H25N3O3S. The number of sulfonamides is 1. The Balaban J connectivity index is 2.26. The Morgan fingerprint density at radius 2 is 1.87 bits per heavy atom. The summed E-state index contributed by atoms with van der Waals surface area (Å²) in [6, 6.07) is 9.59. The Labute approximate surface area is 138 Å². The van der Waals surface area contributed by atoms with Crippen molar-refractivity contribution in [3.05, 3.63) is 35.9 Å². The van der Waals surface area contributed by atoms with Crippen molar-refractivity contribution in [1.82, 2.24) is 9.62 Å². The van der Waals surface area contributed by atoms with Crippen molar-refractivity contribution in [2.75, 3.05) is 31.9 Å². The van der Waals surface area contributed by atoms with Gasteiger partial charge in [0, 0.05) is 26.2 Å². The quantitative estimate of drug-likeness (QED) is 0.787. The highest BCUT2D eigenvalue weighted by Gasteiger charge is 2.44. The van der Waals surface area contributed by atoms with Crippen LogP contribution in [0.25, 0.3) is 0 Å². The molecule has 1 aliphatic rings. The van der Waals surface area contributed by atoms with E-state index < -0.39 is 15.4 Å². The van der Waals surface area contributed by atoms with Crippen molar-refractivity contribution < 1.29 is 13.2 Å². The number of nitrogens with zero attached hydrogens (tertiary/aromatic N) is 1. The van der Waals surface area contributed by atoms with Gasteiger partial charge in [-0.25, -0.2) is 12.7 Å². The predicted octanol–water partition coefficient (Wildman–Crippen LogP) is 0.445. The third-order valence-electron chi connectivity index (χ3n) is 4.53. The molecule has 0 aliphatic carbocycles. The summed E-state index contributed by atoms with van der Waals surface area (Å²) >= 11 is 0. The predicted molar refractivity (Wildman–Crippen MR) is 90.5 cm³/mol. The average molecular weight is 339 g/mol. The van der Waals surface area contributed by atoms with Crippen LogP contribution >= 0.6 is 0 Å². The highest BCUT2D eigenvalue weighted by atomic mass is 32.2. The number of carbonyl (C=O) groups is 1. The molecule has 2 rings (SSSR count). The van der Waals surface area contributed by atoms with E-state index in [9.17, 15) is 13.2 Å². The van der Waals surface area contributed by atoms with Crippen LogP contribution in [0.2, 0.25) is 0 Å². The van der Waals surface area contributed by atoms with E-state index in [2.05, 4.69) is 5.32 Å². The van der Waals surface area contributed by atoms with Crippen LogP contribution in [0.1, 0.15) is 25.3 Å². The van der Waals surface area contributed by atoms with E-state index in [-0.39, 0.29) is 11.7 Å². The summed E-state index contributed by atoms with van der Waals surface area (Å²) in [5.41, 5.74) is 5.73. The van der Waals surface area contributed by atoms with E-state index in [1.54, 1.807) is 6.92 Å². The van der Waals surface area contributed by atoms with E-state index in [0.29, 0.717) is 39.0 Å². The van der Waals surface area contributed by atoms with Gasteiger partial charge in [0.05, 0.1) is 11.2 Å². The maximum atomic E-state index is 12.8. The number of amides is 1. The second kappa shape index (κ2) is 7.42. The summed E-state index contributed by atoms with van der Waals surface area (Å²) in [6.07, 6.45) is 0.958. The fourth-order valence-electron chi connectivity index (χ4n) is 3.09. The molecule has 3 N–H and O–H groups in total. The largest absolute Gasteiger partial charge is 0.354 e. The van der Waals surface area contributed by atoms with Crippen molar-refractivity contribution >= 4 is 15.9 Å². The minimum absolute atomic E-state index is 0.0669. The number of hydrogen-bond donors (Lipinski definition) is 2. The van der Waals surface area contributed by atoms with E-state index >= 15 is 0 Å². The van der Waals surface area contributed by atoms with Gasteiger partial charge in [0.25, 0.3) is 0 Å². The lowest BCUT2D eigenvalue weighted by Crippen LogP contribution is -2.53. The van der Waals surface area contributed by atoms with Crippen LogP contribution in [0, 0.1) is 0 Å². The van der Waals surface area contributed by atoms with Gasteiger partial charge in [0.15, 0.2) is 0 Å². The first-order valence-corrected chi connectivity index (χ1v) is 9.59. The first kappa shape index (κ1) is 17.9. The minimum atomic E-state index is -3.21. The second-order valence-corrected chi connectivity index (χ2v) is 8.05. The average Bonchev–Trinajstić information content (AvgIpc) is 2.60. The number of nitrogens with one attached hydrogen (secondary N) is 1. The summed E-state index contributed by atoms with van der Waals surface area (Å²) < 4.78 is 25.6. The van der Waals surface area contributed by atoms with Gasteiger partial charge in [-0.3, -0.25) is 4.79 Å². The van der Waals surface area contributed by atoms with Crippen LogP contribution in [0.4, 0.5) is 0 Å². The molecule has 0 spiro atoms. The molecule has 1 aliphatic heterocycles. The number of nitrogens with two attached hydrogens (primary N) is 1. The Morgan fingerprint density at radius 3 is 2.39 bits per heavy atom. The lowest BCUT2D eigenvalue weighted by Gasteiger charge is -2.40. The van der Waals surface area contributed by atoms with Crippen molar-refractivity contribution in [3.63, 3.8) is 0 Å². The molecule has 0 saturated carbocycles. The molecule has 23 heavy (non-hydrogen) atoms. The molecule has 1 fully saturated rings. The normalized spacial score (nSPS) is 18.5. The van der Waals surface area contributed by atoms with Crippen LogP contribution in [0.15, 0.2) is 30.3 Å². The molecule has 1 saturated heterocycles. The number of benzene rings is 1. The number of hydrogen-bond acceptors (Lipinski definition) is 4. The highest BCUT2D eigenvalue weighted by molar-refractivity contribution is 7.89. The van der Waals surface area contributed by atoms with Gasteiger partial charge in [-0.15, -0.1) is 0 Å². The monoisotopic (exact) mass is 339 g/mol. The van der Waals surface area contributed by atoms with Gasteiger partial charge >= 0.3 is 0 Å². The van der Waals surface area contributed by atoms with Gasteiger partial charge in [0.2, 0.25) is 15.9 Å². The zero-order valence-corrected chi connectivity index (χ0v) is 14.3. The molecule has 0 atom stereocenters. The summed E-state index contributed by atoms with van der Waals surface area (Å²) in [5.74, 6) is 0.0211. The van der Waals surface area contributed by atoms with Crippen LogP contribution in [0.5, 0.6) is 0 Å². The van der Waals surface area contributed by atoms with E-state index in [0.717, 1.165) is 5.56 Å². The SMILES string of the molecule is CCS(=O)(=O)N1CCC(C(=O)NCCN)(c2ccccc2)CC1. The topological polar surface area (TPSA) is 92.5 Å². The molecule has 6 nitrogen and oxygen atoms in total. The summed E-state index contributed by atoms with van der Waals surface area (Å²) in [7, 11) is -3.21. The zero-order chi connectivity index (χ0) is 16.9. The number of piperidine rings is 1. The molecule has 128 valence electrons. The Bertz CT molecular complexity index is 623. The van der Waals surface area contributed by atoms with Crippen molar-refractivity contribution in [3.8, 4) is 0 Å². The Kier molecular flexibility index (Phi) is 5.78. The van der Waals surface area contributed by atoms with Crippen LogP contribution in [-0.4, -0.2) is 50.6 Å². The van der Waals surface area contributed by atoms with Gasteiger partial charge < -0.3 is 11.1 Å². The van der Waals surface area contributed by atoms with E-state index in [4.69, 9.17) is 5.73 Å². The smallest absolute Gasteiger partial charge is 0.230 e. The molecule has 1 aromatic rings. The van der Waals surface area contributed by atoms with Gasteiger partial charge in [-0.1, -0.05) is 30.3 Å². The summed E-state index contributed by atoms with van der Waals surface area (Å²) in [4.78, 5) is 12.8. The Morgan fingerprint density at radius 1 is 1.26 bits per heavy atom. The number of rotatable bonds is 6. The number of carbonyl (C=O) groups excluding carboxylic acids is 1. The molecule has 0 aromatic heterocycles. The molecule has 0 unspecified atom stereocenters. The van der Waals surface area contributed by atoms with E-state index in [1.807, 2.05) is 30.3 Å². The molecule has 0 bridgehead atoms. The maximum Gasteiger partial charge on any atom is 0.230 e. The van der Waals surface area contributed by atoms with Crippen LogP contribution in [-0.2, 0) is 20.2 Å². The van der Waals surface area contributed by atoms with Gasteiger partial charge in [-0.2, -0.15) is 0 Å². The van der Waals surface area contributed by atoms with Crippen molar-refractivity contribution in [2.24, 2.45) is 5.73 Å². The standard InChI is InChI=1S/C16H25N3O3S/c1-2-23(21,22)19-12-8-16(9-13-19,15(20)18-11-10-17)14-6-4-3-5-7-14/h3-7H,2,8-13,17H2,1H3,(H,18,20). The Hall–Kier alpha value is -1.44. The molecule has 1 amide bonds. The highest BCUT2D eigenvalue weighted by Crippen LogP contribution is 2.36. The lowest BCUT2D eigenvalue weighted by molar-refractivity contribution is -0.128. The van der Waals surface area contributed by atoms with Gasteiger partial charge in [-0.05, 0) is 25.3 Å². The molecule has 1 aromatic carbocycles. The zero-order valence-electron chi connectivity index (χ0n) is 13.5. The minimum Gasteiger partial charge on any atom is -0.354 e. The van der Waals surface area contributed by atoms with Gasteiger partial charge in [0.1, 0.15) is 0 Å². The first-order chi connectivity index (χ1) is 11.0. The lowest BCUT2D eigenvalue weighted by atomic mass is 9.72. The molecular weight excluding hydrogens is 314 g/mol. The molecule has 1 heterocycles. The maximum absolute atomic E-state index is 12.8. The summed E-state index contributed by atoms with van der Waals surface area (Å²) in [6.45, 7) is 3.17. The molecule has 0 radical (unpaired) electrons. The second-order valence-electron chi connectivity index (χ2n) is 5.79. The third-order valence-corrected chi connectivity index (χ3v) is 6.41. The molecule has 7 heteroatoms. The first-order valence-electron chi connectivity index (χ1n) is 7.98. The fraction of sp³-hybridized carbons (Fsp3) is 0.562. The van der Waals surface area contributed by atoms with E-state index in [1.165, 1.54) is 4.31 Å². The van der Waals surface area contributed by atoms with Crippen molar-refractivity contribution in [2.45, 2.75) is 25.2 Å². The van der Waals surface area contributed by atoms with Crippen LogP contribution in [0.3, 0.4) is 0 Å². The van der Waals surface area contributed by atoms with Crippen LogP contribution < -0.4 is 11.1 Å². The third kappa shape index (κ3) is 3.73. The fourth-order valence-corrected chi connectivity index (χ4v) is 4.19. The summed E-state index contributed by atoms with van der Waals surface area (Å²) in [5, 5.41) is 2.88.